The second kappa shape index (κ2) is 6.42. The van der Waals surface area contributed by atoms with Crippen molar-refractivity contribution < 1.29 is 9.53 Å². The molecule has 0 spiro atoms. The number of hydrogen-bond acceptors (Lipinski definition) is 4. The van der Waals surface area contributed by atoms with Crippen molar-refractivity contribution >= 4 is 54.6 Å². The average molecular weight is 432 g/mol. The Morgan fingerprint density at radius 3 is 2.71 bits per heavy atom. The third-order valence-electron chi connectivity index (χ3n) is 4.78. The molecule has 0 aliphatic heterocycles. The monoisotopic (exact) mass is 431 g/mol. The van der Waals surface area contributed by atoms with Gasteiger partial charge >= 0.3 is 5.97 Å². The van der Waals surface area contributed by atoms with E-state index in [0.29, 0.717) is 11.4 Å². The van der Waals surface area contributed by atoms with Crippen molar-refractivity contribution in [3.05, 3.63) is 70.8 Å². The van der Waals surface area contributed by atoms with Gasteiger partial charge in [-0.05, 0) is 36.4 Å². The number of pyridine rings is 2. The number of carbonyl (C=O) groups excluding carboxylic acids is 1. The highest BCUT2D eigenvalue weighted by Crippen LogP contribution is 2.33. The minimum absolute atomic E-state index is 0.257. The van der Waals surface area contributed by atoms with Gasteiger partial charge in [-0.25, -0.2) is 14.8 Å². The molecule has 0 radical (unpaired) electrons. The maximum absolute atomic E-state index is 12.2. The largest absolute Gasteiger partial charge is 0.464 e. The maximum atomic E-state index is 12.2. The van der Waals surface area contributed by atoms with Crippen LogP contribution >= 0.6 is 15.9 Å². The van der Waals surface area contributed by atoms with Crippen molar-refractivity contribution in [1.82, 2.24) is 15.0 Å². The number of nitrogens with one attached hydrogen (secondary N) is 1. The fraction of sp³-hybridized carbons (Fsp3) is 0.0455. The molecule has 0 aliphatic rings. The van der Waals surface area contributed by atoms with E-state index in [0.717, 1.165) is 37.2 Å². The number of benzene rings is 2. The van der Waals surface area contributed by atoms with E-state index in [-0.39, 0.29) is 5.69 Å². The SMILES string of the molecule is COC(=O)c1cc2c([nH]c3ccccc32)c(-c2ccc3cc(Br)ccc3n2)n1. The number of H-pyrrole nitrogens is 1. The fourth-order valence-corrected chi connectivity index (χ4v) is 3.85. The van der Waals surface area contributed by atoms with Crippen LogP contribution < -0.4 is 0 Å². The molecule has 2 aromatic carbocycles. The van der Waals surface area contributed by atoms with Crippen LogP contribution in [-0.4, -0.2) is 28.0 Å². The Morgan fingerprint density at radius 2 is 1.86 bits per heavy atom. The van der Waals surface area contributed by atoms with E-state index < -0.39 is 5.97 Å². The Balaban J connectivity index is 1.84. The molecular formula is C22H14BrN3O2. The van der Waals surface area contributed by atoms with Gasteiger partial charge in [0.2, 0.25) is 0 Å². The molecular weight excluding hydrogens is 418 g/mol. The summed E-state index contributed by atoms with van der Waals surface area (Å²) < 4.78 is 5.91. The summed E-state index contributed by atoms with van der Waals surface area (Å²) in [5.74, 6) is -0.474. The Kier molecular flexibility index (Phi) is 3.87. The lowest BCUT2D eigenvalue weighted by Gasteiger charge is -2.07. The number of nitrogens with zero attached hydrogens (tertiary/aromatic N) is 2. The predicted molar refractivity (Wildman–Crippen MR) is 113 cm³/mol. The van der Waals surface area contributed by atoms with Crippen molar-refractivity contribution in [1.29, 1.82) is 0 Å². The van der Waals surface area contributed by atoms with Gasteiger partial charge in [0.05, 0.1) is 23.8 Å². The fourth-order valence-electron chi connectivity index (χ4n) is 3.47. The standard InChI is InChI=1S/C22H14BrN3O2/c1-28-22(27)19-11-15-14-4-2-3-5-17(14)25-20(15)21(26-19)18-8-6-12-10-13(23)7-9-16(12)24-18/h2-11,25H,1H3. The van der Waals surface area contributed by atoms with E-state index in [9.17, 15) is 4.79 Å². The van der Waals surface area contributed by atoms with Crippen LogP contribution in [0.25, 0.3) is 44.1 Å². The smallest absolute Gasteiger partial charge is 0.356 e. The van der Waals surface area contributed by atoms with Crippen molar-refractivity contribution in [2.45, 2.75) is 0 Å². The number of aromatic amines is 1. The lowest BCUT2D eigenvalue weighted by Crippen LogP contribution is -2.05. The normalized spacial score (nSPS) is 11.4. The first-order chi connectivity index (χ1) is 13.6. The topological polar surface area (TPSA) is 67.9 Å². The summed E-state index contributed by atoms with van der Waals surface area (Å²) in [6, 6.07) is 19.6. The predicted octanol–water partition coefficient (Wildman–Crippen LogP) is 5.48. The summed E-state index contributed by atoms with van der Waals surface area (Å²) in [5.41, 5.74) is 4.25. The average Bonchev–Trinajstić information content (AvgIpc) is 3.10. The van der Waals surface area contributed by atoms with Gasteiger partial charge < -0.3 is 9.72 Å². The molecule has 28 heavy (non-hydrogen) atoms. The van der Waals surface area contributed by atoms with E-state index in [1.807, 2.05) is 54.6 Å². The van der Waals surface area contributed by atoms with Crippen LogP contribution in [0.3, 0.4) is 0 Å². The molecule has 6 heteroatoms. The molecule has 1 N–H and O–H groups in total. The molecule has 3 heterocycles. The zero-order chi connectivity index (χ0) is 19.3. The summed E-state index contributed by atoms with van der Waals surface area (Å²) in [6.07, 6.45) is 0. The Bertz CT molecular complexity index is 1390. The van der Waals surface area contributed by atoms with Gasteiger partial charge in [0.15, 0.2) is 0 Å². The lowest BCUT2D eigenvalue weighted by atomic mass is 10.1. The molecule has 3 aromatic heterocycles. The molecule has 5 rings (SSSR count). The summed E-state index contributed by atoms with van der Waals surface area (Å²) in [4.78, 5) is 25.0. The second-order valence-corrected chi connectivity index (χ2v) is 7.39. The first-order valence-electron chi connectivity index (χ1n) is 8.70. The number of para-hydroxylation sites is 1. The number of methoxy groups -OCH3 is 1. The molecule has 0 unspecified atom stereocenters. The Morgan fingerprint density at radius 1 is 1.00 bits per heavy atom. The molecule has 0 aliphatic carbocycles. The van der Waals surface area contributed by atoms with Crippen LogP contribution in [-0.2, 0) is 4.74 Å². The number of halogens is 1. The molecule has 5 nitrogen and oxygen atoms in total. The molecule has 0 saturated carbocycles. The quantitative estimate of drug-likeness (QED) is 0.375. The minimum atomic E-state index is -0.474. The summed E-state index contributed by atoms with van der Waals surface area (Å²) in [5, 5.41) is 2.96. The van der Waals surface area contributed by atoms with Crippen LogP contribution in [0.15, 0.2) is 65.1 Å². The number of fused-ring (bicyclic) bond motifs is 4. The van der Waals surface area contributed by atoms with Crippen LogP contribution in [0.4, 0.5) is 0 Å². The number of ether oxygens (including phenoxy) is 1. The van der Waals surface area contributed by atoms with Gasteiger partial charge in [-0.1, -0.05) is 40.2 Å². The Labute approximate surface area is 168 Å². The van der Waals surface area contributed by atoms with Gasteiger partial charge in [0.1, 0.15) is 11.4 Å². The first-order valence-corrected chi connectivity index (χ1v) is 9.50. The van der Waals surface area contributed by atoms with Crippen molar-refractivity contribution in [2.24, 2.45) is 0 Å². The highest BCUT2D eigenvalue weighted by Gasteiger charge is 2.18. The number of carbonyl (C=O) groups is 1. The van der Waals surface area contributed by atoms with E-state index in [2.05, 4.69) is 25.9 Å². The Hall–Kier alpha value is -3.25. The van der Waals surface area contributed by atoms with Crippen LogP contribution in [0.2, 0.25) is 0 Å². The van der Waals surface area contributed by atoms with Crippen LogP contribution in [0.5, 0.6) is 0 Å². The van der Waals surface area contributed by atoms with E-state index in [1.165, 1.54) is 7.11 Å². The lowest BCUT2D eigenvalue weighted by molar-refractivity contribution is 0.0594. The van der Waals surface area contributed by atoms with E-state index in [1.54, 1.807) is 6.07 Å². The van der Waals surface area contributed by atoms with Crippen molar-refractivity contribution in [2.75, 3.05) is 7.11 Å². The van der Waals surface area contributed by atoms with Crippen LogP contribution in [0, 0.1) is 0 Å². The van der Waals surface area contributed by atoms with E-state index in [4.69, 9.17) is 9.72 Å². The molecule has 0 bridgehead atoms. The molecule has 136 valence electrons. The van der Waals surface area contributed by atoms with Gasteiger partial charge in [-0.15, -0.1) is 0 Å². The summed E-state index contributed by atoms with van der Waals surface area (Å²) in [7, 11) is 1.36. The number of esters is 1. The van der Waals surface area contributed by atoms with Gasteiger partial charge in [-0.3, -0.25) is 0 Å². The molecule has 0 atom stereocenters. The molecule has 0 amide bonds. The minimum Gasteiger partial charge on any atom is -0.464 e. The van der Waals surface area contributed by atoms with Gasteiger partial charge in [0.25, 0.3) is 0 Å². The molecule has 0 saturated heterocycles. The van der Waals surface area contributed by atoms with Crippen molar-refractivity contribution in [3.63, 3.8) is 0 Å². The molecule has 0 fully saturated rings. The summed E-state index contributed by atoms with van der Waals surface area (Å²) >= 11 is 3.48. The van der Waals surface area contributed by atoms with Crippen LogP contribution in [0.1, 0.15) is 10.5 Å². The first kappa shape index (κ1) is 16.9. The maximum Gasteiger partial charge on any atom is 0.356 e. The van der Waals surface area contributed by atoms with Gasteiger partial charge in [-0.2, -0.15) is 0 Å². The highest BCUT2D eigenvalue weighted by atomic mass is 79.9. The zero-order valence-corrected chi connectivity index (χ0v) is 16.4. The number of rotatable bonds is 2. The second-order valence-electron chi connectivity index (χ2n) is 6.47. The third kappa shape index (κ3) is 2.65. The third-order valence-corrected chi connectivity index (χ3v) is 5.28. The highest BCUT2D eigenvalue weighted by molar-refractivity contribution is 9.10. The molecule has 5 aromatic rings. The number of hydrogen-bond donors (Lipinski definition) is 1. The van der Waals surface area contributed by atoms with Crippen molar-refractivity contribution in [3.8, 4) is 11.4 Å². The zero-order valence-electron chi connectivity index (χ0n) is 14.9. The summed E-state index contributed by atoms with van der Waals surface area (Å²) in [6.45, 7) is 0. The van der Waals surface area contributed by atoms with Gasteiger partial charge in [0, 0.05) is 26.1 Å². The van der Waals surface area contributed by atoms with E-state index >= 15 is 0 Å². The number of aromatic nitrogens is 3.